The van der Waals surface area contributed by atoms with Crippen LogP contribution in [0.15, 0.2) is 30.3 Å². The van der Waals surface area contributed by atoms with Crippen LogP contribution < -0.4 is 5.32 Å². The highest BCUT2D eigenvalue weighted by Crippen LogP contribution is 2.06. The van der Waals surface area contributed by atoms with Gasteiger partial charge in [0.2, 0.25) is 5.91 Å². The van der Waals surface area contributed by atoms with Crippen LogP contribution in [-0.4, -0.2) is 30.0 Å². The van der Waals surface area contributed by atoms with Crippen LogP contribution in [0.2, 0.25) is 0 Å². The lowest BCUT2D eigenvalue weighted by Crippen LogP contribution is -2.34. The average Bonchev–Trinajstić information content (AvgIpc) is 2.48. The highest BCUT2D eigenvalue weighted by molar-refractivity contribution is 5.84. The third-order valence-corrected chi connectivity index (χ3v) is 2.65. The largest absolute Gasteiger partial charge is 0.461 e. The van der Waals surface area contributed by atoms with Crippen LogP contribution in [0.1, 0.15) is 39.2 Å². The standard InChI is InChI=1S/C17H23NO5/c1-17(2,3)23-16(21)11-18-14(19)9-10-15(20)22-12-13-7-5-4-6-8-13/h4-8H,9-12H2,1-3H3,(H,18,19). The molecule has 0 aromatic heterocycles. The van der Waals surface area contributed by atoms with E-state index in [9.17, 15) is 14.4 Å². The van der Waals surface area contributed by atoms with Crippen LogP contribution in [0, 0.1) is 0 Å². The van der Waals surface area contributed by atoms with Crippen molar-refractivity contribution in [3.63, 3.8) is 0 Å². The first-order chi connectivity index (χ1) is 10.8. The number of nitrogens with one attached hydrogen (secondary N) is 1. The van der Waals surface area contributed by atoms with Crippen molar-refractivity contribution in [2.24, 2.45) is 0 Å². The lowest BCUT2D eigenvalue weighted by Gasteiger charge is -2.19. The first-order valence-electron chi connectivity index (χ1n) is 7.44. The highest BCUT2D eigenvalue weighted by atomic mass is 16.6. The van der Waals surface area contributed by atoms with Crippen molar-refractivity contribution in [1.82, 2.24) is 5.32 Å². The second kappa shape index (κ2) is 8.92. The van der Waals surface area contributed by atoms with Gasteiger partial charge in [0.15, 0.2) is 0 Å². The number of carbonyl (C=O) groups is 3. The third kappa shape index (κ3) is 9.29. The summed E-state index contributed by atoms with van der Waals surface area (Å²) < 4.78 is 10.1. The molecule has 126 valence electrons. The third-order valence-electron chi connectivity index (χ3n) is 2.65. The minimum absolute atomic E-state index is 0.0313. The first-order valence-corrected chi connectivity index (χ1v) is 7.44. The van der Waals surface area contributed by atoms with E-state index in [0.717, 1.165) is 5.56 Å². The summed E-state index contributed by atoms with van der Waals surface area (Å²) in [6, 6.07) is 9.28. The Morgan fingerprint density at radius 1 is 1.00 bits per heavy atom. The molecule has 0 saturated heterocycles. The van der Waals surface area contributed by atoms with Gasteiger partial charge < -0.3 is 14.8 Å². The van der Waals surface area contributed by atoms with E-state index in [-0.39, 0.29) is 26.0 Å². The zero-order valence-electron chi connectivity index (χ0n) is 13.8. The van der Waals surface area contributed by atoms with Crippen LogP contribution in [0.25, 0.3) is 0 Å². The van der Waals surface area contributed by atoms with Gasteiger partial charge in [-0.3, -0.25) is 14.4 Å². The molecule has 1 amide bonds. The van der Waals surface area contributed by atoms with Gasteiger partial charge in [-0.05, 0) is 26.3 Å². The van der Waals surface area contributed by atoms with E-state index in [1.165, 1.54) is 0 Å². The van der Waals surface area contributed by atoms with E-state index in [0.29, 0.717) is 0 Å². The zero-order chi connectivity index (χ0) is 17.3. The van der Waals surface area contributed by atoms with Crippen LogP contribution in [0.3, 0.4) is 0 Å². The first kappa shape index (κ1) is 18.7. The van der Waals surface area contributed by atoms with Crippen LogP contribution in [0.4, 0.5) is 0 Å². The molecule has 6 nitrogen and oxygen atoms in total. The molecule has 1 aromatic rings. The molecule has 0 aliphatic heterocycles. The second-order valence-corrected chi connectivity index (χ2v) is 6.01. The Bertz CT molecular complexity index is 534. The molecule has 1 N–H and O–H groups in total. The lowest BCUT2D eigenvalue weighted by molar-refractivity contribution is -0.154. The number of hydrogen-bond donors (Lipinski definition) is 1. The summed E-state index contributed by atoms with van der Waals surface area (Å²) >= 11 is 0. The van der Waals surface area contributed by atoms with Crippen molar-refractivity contribution >= 4 is 17.8 Å². The smallest absolute Gasteiger partial charge is 0.325 e. The van der Waals surface area contributed by atoms with Gasteiger partial charge in [-0.2, -0.15) is 0 Å². The van der Waals surface area contributed by atoms with Crippen LogP contribution in [0.5, 0.6) is 0 Å². The maximum atomic E-state index is 11.6. The minimum atomic E-state index is -0.594. The van der Waals surface area contributed by atoms with E-state index >= 15 is 0 Å². The molecular weight excluding hydrogens is 298 g/mol. The van der Waals surface area contributed by atoms with Gasteiger partial charge in [0, 0.05) is 6.42 Å². The van der Waals surface area contributed by atoms with Crippen molar-refractivity contribution in [3.05, 3.63) is 35.9 Å². The summed E-state index contributed by atoms with van der Waals surface area (Å²) in [5.74, 6) is -1.37. The molecule has 0 aliphatic carbocycles. The molecule has 0 unspecified atom stereocenters. The summed E-state index contributed by atoms with van der Waals surface area (Å²) in [5, 5.41) is 2.41. The second-order valence-electron chi connectivity index (χ2n) is 6.01. The van der Waals surface area contributed by atoms with Gasteiger partial charge in [-0.25, -0.2) is 0 Å². The van der Waals surface area contributed by atoms with E-state index in [2.05, 4.69) is 5.32 Å². The Morgan fingerprint density at radius 3 is 2.26 bits per heavy atom. The minimum Gasteiger partial charge on any atom is -0.461 e. The maximum absolute atomic E-state index is 11.6. The Labute approximate surface area is 136 Å². The molecule has 1 aromatic carbocycles. The number of benzene rings is 1. The van der Waals surface area contributed by atoms with Gasteiger partial charge in [-0.15, -0.1) is 0 Å². The lowest BCUT2D eigenvalue weighted by atomic mass is 10.2. The Kier molecular flexibility index (Phi) is 7.25. The normalized spacial score (nSPS) is 10.7. The fraction of sp³-hybridized carbons (Fsp3) is 0.471. The summed E-state index contributed by atoms with van der Waals surface area (Å²) in [6.45, 7) is 5.20. The molecule has 0 aliphatic rings. The van der Waals surface area contributed by atoms with Crippen LogP contribution >= 0.6 is 0 Å². The van der Waals surface area contributed by atoms with Crippen molar-refractivity contribution in [1.29, 1.82) is 0 Å². The molecule has 0 atom stereocenters. The van der Waals surface area contributed by atoms with E-state index in [1.54, 1.807) is 20.8 Å². The number of esters is 2. The molecule has 1 rings (SSSR count). The Hall–Kier alpha value is -2.37. The molecular formula is C17H23NO5. The van der Waals surface area contributed by atoms with E-state index < -0.39 is 23.4 Å². The summed E-state index contributed by atoms with van der Waals surface area (Å²) in [7, 11) is 0. The predicted octanol–water partition coefficient (Wildman–Crippen LogP) is 1.97. The number of rotatable bonds is 7. The van der Waals surface area contributed by atoms with E-state index in [4.69, 9.17) is 9.47 Å². The molecule has 0 spiro atoms. The highest BCUT2D eigenvalue weighted by Gasteiger charge is 2.17. The fourth-order valence-electron chi connectivity index (χ4n) is 1.66. The molecule has 23 heavy (non-hydrogen) atoms. The molecule has 0 bridgehead atoms. The monoisotopic (exact) mass is 321 g/mol. The van der Waals surface area contributed by atoms with Crippen molar-refractivity contribution < 1.29 is 23.9 Å². The summed E-state index contributed by atoms with van der Waals surface area (Å²) in [4.78, 5) is 34.5. The number of carbonyl (C=O) groups excluding carboxylic acids is 3. The summed E-state index contributed by atoms with van der Waals surface area (Å²) in [5.41, 5.74) is 0.290. The van der Waals surface area contributed by atoms with Crippen LogP contribution in [-0.2, 0) is 30.5 Å². The fourth-order valence-corrected chi connectivity index (χ4v) is 1.66. The quantitative estimate of drug-likeness (QED) is 0.777. The molecule has 0 saturated carbocycles. The number of hydrogen-bond acceptors (Lipinski definition) is 5. The Morgan fingerprint density at radius 2 is 1.65 bits per heavy atom. The van der Waals surface area contributed by atoms with Gasteiger partial charge in [0.1, 0.15) is 18.8 Å². The van der Waals surface area contributed by atoms with Gasteiger partial charge in [-0.1, -0.05) is 30.3 Å². The SMILES string of the molecule is CC(C)(C)OC(=O)CNC(=O)CCC(=O)OCc1ccccc1. The Balaban J connectivity index is 2.17. The molecule has 0 fully saturated rings. The van der Waals surface area contributed by atoms with Gasteiger partial charge >= 0.3 is 11.9 Å². The molecule has 0 heterocycles. The summed E-state index contributed by atoms with van der Waals surface area (Å²) in [6.07, 6.45) is -0.0661. The van der Waals surface area contributed by atoms with Crippen molar-refractivity contribution in [2.45, 2.75) is 45.8 Å². The van der Waals surface area contributed by atoms with E-state index in [1.807, 2.05) is 30.3 Å². The number of ether oxygens (including phenoxy) is 2. The molecule has 6 heteroatoms. The van der Waals surface area contributed by atoms with Gasteiger partial charge in [0.25, 0.3) is 0 Å². The van der Waals surface area contributed by atoms with Gasteiger partial charge in [0.05, 0.1) is 6.42 Å². The molecule has 0 radical (unpaired) electrons. The predicted molar refractivity (Wildman–Crippen MR) is 84.3 cm³/mol. The van der Waals surface area contributed by atoms with Crippen molar-refractivity contribution in [3.8, 4) is 0 Å². The topological polar surface area (TPSA) is 81.7 Å². The average molecular weight is 321 g/mol. The zero-order valence-corrected chi connectivity index (χ0v) is 13.8. The number of amides is 1. The van der Waals surface area contributed by atoms with Crippen molar-refractivity contribution in [2.75, 3.05) is 6.54 Å². The maximum Gasteiger partial charge on any atom is 0.325 e.